The second kappa shape index (κ2) is 9.69. The minimum Gasteiger partial charge on any atom is -0.496 e. The third kappa shape index (κ3) is 7.15. The Kier molecular flexibility index (Phi) is 9.11. The number of nitrogens with zero attached hydrogens (tertiary/aromatic N) is 1. The summed E-state index contributed by atoms with van der Waals surface area (Å²) in [6.45, 7) is 6.63. The zero-order valence-electron chi connectivity index (χ0n) is 14.7. The maximum absolute atomic E-state index is 5.87. The van der Waals surface area contributed by atoms with Gasteiger partial charge in [-0.15, -0.1) is 24.0 Å². The third-order valence-electron chi connectivity index (χ3n) is 2.96. The van der Waals surface area contributed by atoms with Crippen LogP contribution in [0.5, 0.6) is 17.2 Å². The monoisotopic (exact) mass is 437 g/mol. The average molecular weight is 437 g/mol. The summed E-state index contributed by atoms with van der Waals surface area (Å²) in [6.07, 6.45) is 0.656. The summed E-state index contributed by atoms with van der Waals surface area (Å²) in [5.41, 5.74) is 6.70. The van der Waals surface area contributed by atoms with E-state index in [0.717, 1.165) is 5.56 Å². The molecule has 3 N–H and O–H groups in total. The first kappa shape index (κ1) is 21.6. The highest BCUT2D eigenvalue weighted by atomic mass is 127. The number of ether oxygens (including phenoxy) is 3. The van der Waals surface area contributed by atoms with E-state index in [2.05, 4.69) is 10.3 Å². The summed E-state index contributed by atoms with van der Waals surface area (Å²) in [7, 11) is 4.85. The van der Waals surface area contributed by atoms with Crippen molar-refractivity contribution in [2.24, 2.45) is 10.7 Å². The Bertz CT molecular complexity index is 503. The Morgan fingerprint density at radius 3 is 2.00 bits per heavy atom. The van der Waals surface area contributed by atoms with Gasteiger partial charge in [0.2, 0.25) is 0 Å². The maximum Gasteiger partial charge on any atom is 0.188 e. The van der Waals surface area contributed by atoms with E-state index in [4.69, 9.17) is 19.9 Å². The summed E-state index contributed by atoms with van der Waals surface area (Å²) in [4.78, 5) is 4.34. The number of rotatable bonds is 6. The number of benzene rings is 1. The molecule has 0 aliphatic rings. The van der Waals surface area contributed by atoms with Gasteiger partial charge < -0.3 is 25.3 Å². The molecule has 0 spiro atoms. The minimum atomic E-state index is -0.108. The predicted octanol–water partition coefficient (Wildman–Crippen LogP) is 2.58. The average Bonchev–Trinajstić information content (AvgIpc) is 2.45. The topological polar surface area (TPSA) is 78.1 Å². The molecule has 0 aliphatic heterocycles. The highest BCUT2D eigenvalue weighted by molar-refractivity contribution is 14.0. The smallest absolute Gasteiger partial charge is 0.188 e. The highest BCUT2D eigenvalue weighted by Crippen LogP contribution is 2.34. The van der Waals surface area contributed by atoms with Crippen molar-refractivity contribution in [2.45, 2.75) is 32.7 Å². The zero-order chi connectivity index (χ0) is 16.8. The van der Waals surface area contributed by atoms with Gasteiger partial charge in [0.15, 0.2) is 5.96 Å². The van der Waals surface area contributed by atoms with Crippen LogP contribution >= 0.6 is 24.0 Å². The van der Waals surface area contributed by atoms with Crippen LogP contribution in [0.25, 0.3) is 0 Å². The van der Waals surface area contributed by atoms with Gasteiger partial charge in [0.05, 0.1) is 21.3 Å². The molecule has 132 valence electrons. The lowest BCUT2D eigenvalue weighted by Gasteiger charge is -2.21. The van der Waals surface area contributed by atoms with Gasteiger partial charge in [0.25, 0.3) is 0 Å². The molecule has 6 nitrogen and oxygen atoms in total. The first-order chi connectivity index (χ1) is 10.3. The van der Waals surface area contributed by atoms with Gasteiger partial charge in [-0.1, -0.05) is 0 Å². The Morgan fingerprint density at radius 2 is 1.61 bits per heavy atom. The van der Waals surface area contributed by atoms with Crippen molar-refractivity contribution in [3.63, 3.8) is 0 Å². The third-order valence-corrected chi connectivity index (χ3v) is 2.96. The molecule has 1 aromatic carbocycles. The summed E-state index contributed by atoms with van der Waals surface area (Å²) >= 11 is 0. The van der Waals surface area contributed by atoms with Crippen molar-refractivity contribution < 1.29 is 14.2 Å². The molecule has 0 atom stereocenters. The van der Waals surface area contributed by atoms with Gasteiger partial charge in [-0.3, -0.25) is 4.99 Å². The first-order valence-electron chi connectivity index (χ1n) is 7.17. The highest BCUT2D eigenvalue weighted by Gasteiger charge is 2.13. The summed E-state index contributed by atoms with van der Waals surface area (Å²) in [6, 6.07) is 3.66. The molecule has 0 fully saturated rings. The molecule has 0 saturated heterocycles. The number of guanidine groups is 1. The lowest BCUT2D eigenvalue weighted by Crippen LogP contribution is -2.45. The van der Waals surface area contributed by atoms with E-state index < -0.39 is 0 Å². The van der Waals surface area contributed by atoms with Crippen LogP contribution < -0.4 is 25.3 Å². The van der Waals surface area contributed by atoms with Crippen molar-refractivity contribution in [1.82, 2.24) is 5.32 Å². The van der Waals surface area contributed by atoms with E-state index in [1.54, 1.807) is 21.3 Å². The summed E-state index contributed by atoms with van der Waals surface area (Å²) in [5.74, 6) is 2.55. The van der Waals surface area contributed by atoms with Crippen LogP contribution in [-0.2, 0) is 6.42 Å². The normalized spacial score (nSPS) is 11.5. The molecule has 0 aliphatic carbocycles. The summed E-state index contributed by atoms with van der Waals surface area (Å²) < 4.78 is 16.1. The minimum absolute atomic E-state index is 0. The predicted molar refractivity (Wildman–Crippen MR) is 105 cm³/mol. The molecule has 0 heterocycles. The number of methoxy groups -OCH3 is 3. The number of nitrogens with one attached hydrogen (secondary N) is 1. The molecule has 7 heteroatoms. The van der Waals surface area contributed by atoms with Crippen molar-refractivity contribution in [1.29, 1.82) is 0 Å². The van der Waals surface area contributed by atoms with Crippen LogP contribution in [0.1, 0.15) is 26.3 Å². The van der Waals surface area contributed by atoms with Gasteiger partial charge >= 0.3 is 0 Å². The fourth-order valence-corrected chi connectivity index (χ4v) is 2.04. The molecule has 0 unspecified atom stereocenters. The lowest BCUT2D eigenvalue weighted by molar-refractivity contribution is 0.369. The van der Waals surface area contributed by atoms with Crippen LogP contribution in [0.2, 0.25) is 0 Å². The molecule has 0 radical (unpaired) electrons. The zero-order valence-corrected chi connectivity index (χ0v) is 17.1. The van der Waals surface area contributed by atoms with E-state index in [1.807, 2.05) is 32.9 Å². The van der Waals surface area contributed by atoms with Crippen LogP contribution in [-0.4, -0.2) is 39.4 Å². The van der Waals surface area contributed by atoms with Crippen LogP contribution in [0.3, 0.4) is 0 Å². The second-order valence-corrected chi connectivity index (χ2v) is 5.90. The molecular formula is C16H28IN3O3. The van der Waals surface area contributed by atoms with Gasteiger partial charge in [0.1, 0.15) is 17.2 Å². The van der Waals surface area contributed by atoms with Crippen LogP contribution in [0.15, 0.2) is 17.1 Å². The van der Waals surface area contributed by atoms with Crippen molar-refractivity contribution in [3.8, 4) is 17.2 Å². The molecule has 1 rings (SSSR count). The van der Waals surface area contributed by atoms with Gasteiger partial charge in [-0.25, -0.2) is 0 Å². The van der Waals surface area contributed by atoms with E-state index in [1.165, 1.54) is 0 Å². The van der Waals surface area contributed by atoms with E-state index in [9.17, 15) is 0 Å². The fraction of sp³-hybridized carbons (Fsp3) is 0.562. The first-order valence-corrected chi connectivity index (χ1v) is 7.17. The molecule has 0 aromatic heterocycles. The van der Waals surface area contributed by atoms with Crippen LogP contribution in [0, 0.1) is 0 Å². The van der Waals surface area contributed by atoms with Crippen molar-refractivity contribution in [3.05, 3.63) is 17.7 Å². The van der Waals surface area contributed by atoms with Gasteiger partial charge in [0, 0.05) is 29.8 Å². The van der Waals surface area contributed by atoms with E-state index in [0.29, 0.717) is 36.2 Å². The van der Waals surface area contributed by atoms with Gasteiger partial charge in [-0.2, -0.15) is 0 Å². The molecule has 1 aromatic rings. The Balaban J connectivity index is 0.00000484. The van der Waals surface area contributed by atoms with Crippen LogP contribution in [0.4, 0.5) is 0 Å². The quantitative estimate of drug-likeness (QED) is 0.407. The Labute approximate surface area is 155 Å². The number of nitrogens with two attached hydrogens (primary N) is 1. The Hall–Kier alpha value is -1.38. The number of hydrogen-bond donors (Lipinski definition) is 2. The number of hydrogen-bond acceptors (Lipinski definition) is 4. The lowest BCUT2D eigenvalue weighted by atomic mass is 10.1. The van der Waals surface area contributed by atoms with Gasteiger partial charge in [-0.05, 0) is 27.2 Å². The second-order valence-electron chi connectivity index (χ2n) is 5.90. The largest absolute Gasteiger partial charge is 0.496 e. The maximum atomic E-state index is 5.87. The molecular weight excluding hydrogens is 409 g/mol. The molecule has 0 saturated carbocycles. The summed E-state index contributed by atoms with van der Waals surface area (Å²) in [5, 5.41) is 3.13. The number of aliphatic imine (C=N–C) groups is 1. The van der Waals surface area contributed by atoms with Crippen molar-refractivity contribution in [2.75, 3.05) is 27.9 Å². The molecule has 0 bridgehead atoms. The Morgan fingerprint density at radius 1 is 1.09 bits per heavy atom. The standard InChI is InChI=1S/C16H27N3O3.HI/c1-16(2,3)19-15(17)18-8-7-12-13(21-5)9-11(20-4)10-14(12)22-6;/h9-10H,7-8H2,1-6H3,(H3,17,18,19);1H. The van der Waals surface area contributed by atoms with E-state index in [-0.39, 0.29) is 29.5 Å². The van der Waals surface area contributed by atoms with Crippen molar-refractivity contribution >= 4 is 29.9 Å². The fourth-order valence-electron chi connectivity index (χ4n) is 2.04. The number of halogens is 1. The SMILES string of the molecule is COc1cc(OC)c(CCN=C(N)NC(C)(C)C)c(OC)c1.I. The molecule has 0 amide bonds. The molecule has 23 heavy (non-hydrogen) atoms. The van der Waals surface area contributed by atoms with E-state index >= 15 is 0 Å².